The number of nitrogens with zero attached hydrogens (tertiary/aromatic N) is 3. The second-order valence-electron chi connectivity index (χ2n) is 4.64. The van der Waals surface area contributed by atoms with Gasteiger partial charge in [0, 0.05) is 5.69 Å². The highest BCUT2D eigenvalue weighted by atomic mass is 19.1. The fraction of sp³-hybridized carbons (Fsp3) is 0.308. The van der Waals surface area contributed by atoms with Crippen molar-refractivity contribution in [2.75, 3.05) is 11.9 Å². The minimum atomic E-state index is -0.465. The maximum absolute atomic E-state index is 14.0. The van der Waals surface area contributed by atoms with Crippen molar-refractivity contribution in [1.29, 1.82) is 0 Å². The Balaban J connectivity index is 1.75. The van der Waals surface area contributed by atoms with Crippen molar-refractivity contribution in [2.45, 2.75) is 18.9 Å². The van der Waals surface area contributed by atoms with Crippen LogP contribution in [-0.2, 0) is 4.79 Å². The van der Waals surface area contributed by atoms with E-state index in [1.54, 1.807) is 12.1 Å². The van der Waals surface area contributed by atoms with E-state index in [1.165, 1.54) is 23.4 Å². The summed E-state index contributed by atoms with van der Waals surface area (Å²) in [5, 5.41) is 9.68. The number of halogens is 1. The number of carbonyl (C=O) groups excluding carboxylic acids is 1. The van der Waals surface area contributed by atoms with Crippen molar-refractivity contribution in [3.05, 3.63) is 36.7 Å². The number of nitrogens with one attached hydrogen (secondary N) is 2. The molecule has 20 heavy (non-hydrogen) atoms. The van der Waals surface area contributed by atoms with Gasteiger partial charge in [-0.3, -0.25) is 4.79 Å². The summed E-state index contributed by atoms with van der Waals surface area (Å²) in [7, 11) is 0. The van der Waals surface area contributed by atoms with Gasteiger partial charge in [-0.1, -0.05) is 0 Å². The molecule has 2 N–H and O–H groups in total. The maximum Gasteiger partial charge on any atom is 0.241 e. The number of benzene rings is 1. The van der Waals surface area contributed by atoms with Gasteiger partial charge in [0.25, 0.3) is 0 Å². The van der Waals surface area contributed by atoms with E-state index < -0.39 is 5.82 Å². The molecule has 1 fully saturated rings. The minimum Gasteiger partial charge on any atom is -0.325 e. The highest BCUT2D eigenvalue weighted by Crippen LogP contribution is 2.18. The SMILES string of the molecule is O=C(Nc1ccc(-n2cncn2)c(F)c1)[C@H]1CCCN1. The van der Waals surface area contributed by atoms with Crippen molar-refractivity contribution in [2.24, 2.45) is 0 Å². The van der Waals surface area contributed by atoms with Gasteiger partial charge in [0.05, 0.1) is 6.04 Å². The summed E-state index contributed by atoms with van der Waals surface area (Å²) in [5.74, 6) is -0.594. The molecule has 0 bridgehead atoms. The molecule has 1 aliphatic heterocycles. The average molecular weight is 275 g/mol. The van der Waals surface area contributed by atoms with Crippen LogP contribution in [-0.4, -0.2) is 33.3 Å². The van der Waals surface area contributed by atoms with Gasteiger partial charge in [-0.2, -0.15) is 5.10 Å². The van der Waals surface area contributed by atoms with E-state index in [0.29, 0.717) is 11.4 Å². The van der Waals surface area contributed by atoms with Gasteiger partial charge < -0.3 is 10.6 Å². The Morgan fingerprint density at radius 2 is 2.40 bits per heavy atom. The lowest BCUT2D eigenvalue weighted by atomic mass is 10.2. The van der Waals surface area contributed by atoms with Crippen LogP contribution in [0.1, 0.15) is 12.8 Å². The van der Waals surface area contributed by atoms with Crippen LogP contribution in [0.5, 0.6) is 0 Å². The predicted molar refractivity (Wildman–Crippen MR) is 71.0 cm³/mol. The molecule has 1 aromatic carbocycles. The Hall–Kier alpha value is -2.28. The number of hydrogen-bond acceptors (Lipinski definition) is 4. The summed E-state index contributed by atoms with van der Waals surface area (Å²) in [6.45, 7) is 0.845. The first-order valence-corrected chi connectivity index (χ1v) is 6.43. The van der Waals surface area contributed by atoms with Gasteiger partial charge in [0.2, 0.25) is 5.91 Å². The van der Waals surface area contributed by atoms with Crippen LogP contribution in [0.15, 0.2) is 30.9 Å². The Morgan fingerprint density at radius 3 is 3.05 bits per heavy atom. The summed E-state index contributed by atoms with van der Waals surface area (Å²) in [5.41, 5.74) is 0.726. The molecule has 1 aromatic heterocycles. The summed E-state index contributed by atoms with van der Waals surface area (Å²) in [6.07, 6.45) is 4.54. The zero-order valence-electron chi connectivity index (χ0n) is 10.7. The first-order valence-electron chi connectivity index (χ1n) is 6.43. The lowest BCUT2D eigenvalue weighted by molar-refractivity contribution is -0.117. The van der Waals surface area contributed by atoms with Gasteiger partial charge in [-0.25, -0.2) is 14.1 Å². The van der Waals surface area contributed by atoms with Crippen molar-refractivity contribution >= 4 is 11.6 Å². The van der Waals surface area contributed by atoms with Crippen molar-refractivity contribution in [3.63, 3.8) is 0 Å². The summed E-state index contributed by atoms with van der Waals surface area (Å²) >= 11 is 0. The number of rotatable bonds is 3. The van der Waals surface area contributed by atoms with Crippen LogP contribution in [0.2, 0.25) is 0 Å². The summed E-state index contributed by atoms with van der Waals surface area (Å²) in [6, 6.07) is 4.30. The van der Waals surface area contributed by atoms with E-state index in [0.717, 1.165) is 19.4 Å². The largest absolute Gasteiger partial charge is 0.325 e. The molecule has 0 unspecified atom stereocenters. The fourth-order valence-electron chi connectivity index (χ4n) is 2.24. The summed E-state index contributed by atoms with van der Waals surface area (Å²) in [4.78, 5) is 15.7. The Kier molecular flexibility index (Phi) is 3.42. The topological polar surface area (TPSA) is 71.8 Å². The zero-order chi connectivity index (χ0) is 13.9. The first kappa shape index (κ1) is 12.7. The van der Waals surface area contributed by atoms with Gasteiger partial charge in [0.1, 0.15) is 18.3 Å². The number of hydrogen-bond donors (Lipinski definition) is 2. The van der Waals surface area contributed by atoms with E-state index in [4.69, 9.17) is 0 Å². The minimum absolute atomic E-state index is 0.129. The second kappa shape index (κ2) is 5.38. The fourth-order valence-corrected chi connectivity index (χ4v) is 2.24. The molecule has 0 spiro atoms. The predicted octanol–water partition coefficient (Wildman–Crippen LogP) is 1.10. The zero-order valence-corrected chi connectivity index (χ0v) is 10.7. The van der Waals surface area contributed by atoms with Gasteiger partial charge >= 0.3 is 0 Å². The normalized spacial score (nSPS) is 18.1. The van der Waals surface area contributed by atoms with E-state index >= 15 is 0 Å². The highest BCUT2D eigenvalue weighted by molar-refractivity contribution is 5.95. The molecule has 0 saturated carbocycles. The van der Waals surface area contributed by atoms with E-state index in [2.05, 4.69) is 20.7 Å². The maximum atomic E-state index is 14.0. The van der Waals surface area contributed by atoms with Crippen molar-refractivity contribution < 1.29 is 9.18 Å². The molecule has 0 aliphatic carbocycles. The van der Waals surface area contributed by atoms with Gasteiger partial charge in [-0.15, -0.1) is 0 Å². The van der Waals surface area contributed by atoms with Crippen LogP contribution in [0.25, 0.3) is 5.69 Å². The molecule has 1 atom stereocenters. The third-order valence-electron chi connectivity index (χ3n) is 3.26. The number of anilines is 1. The smallest absolute Gasteiger partial charge is 0.241 e. The lowest BCUT2D eigenvalue weighted by Gasteiger charge is -2.12. The van der Waals surface area contributed by atoms with Crippen LogP contribution in [0, 0.1) is 5.82 Å². The highest BCUT2D eigenvalue weighted by Gasteiger charge is 2.22. The van der Waals surface area contributed by atoms with Crippen molar-refractivity contribution in [3.8, 4) is 5.69 Å². The number of amides is 1. The van der Waals surface area contributed by atoms with E-state index in [1.807, 2.05) is 0 Å². The monoisotopic (exact) mass is 275 g/mol. The Morgan fingerprint density at radius 1 is 1.50 bits per heavy atom. The molecule has 2 heterocycles. The molecule has 104 valence electrons. The van der Waals surface area contributed by atoms with E-state index in [-0.39, 0.29) is 11.9 Å². The molecule has 7 heteroatoms. The standard InChI is InChI=1S/C13H14FN5O/c14-10-6-9(18-13(20)11-2-1-5-16-11)3-4-12(10)19-8-15-7-17-19/h3-4,6-8,11,16H,1-2,5H2,(H,18,20)/t11-/m1/s1. The molecular formula is C13H14FN5O. The quantitative estimate of drug-likeness (QED) is 0.880. The number of carbonyl (C=O) groups is 1. The molecule has 1 aliphatic rings. The third kappa shape index (κ3) is 2.53. The van der Waals surface area contributed by atoms with Crippen molar-refractivity contribution in [1.82, 2.24) is 20.1 Å². The number of aromatic nitrogens is 3. The molecule has 0 radical (unpaired) electrons. The Labute approximate surface area is 115 Å². The molecule has 3 rings (SSSR count). The van der Waals surface area contributed by atoms with Crippen LogP contribution >= 0.6 is 0 Å². The third-order valence-corrected chi connectivity index (χ3v) is 3.26. The van der Waals surface area contributed by atoms with Crippen LogP contribution < -0.4 is 10.6 Å². The molecule has 1 amide bonds. The molecule has 1 saturated heterocycles. The Bertz CT molecular complexity index is 607. The first-order chi connectivity index (χ1) is 9.74. The molecular weight excluding hydrogens is 261 g/mol. The lowest BCUT2D eigenvalue weighted by Crippen LogP contribution is -2.35. The van der Waals surface area contributed by atoms with Crippen LogP contribution in [0.3, 0.4) is 0 Å². The molecule has 6 nitrogen and oxygen atoms in total. The van der Waals surface area contributed by atoms with E-state index in [9.17, 15) is 9.18 Å². The van der Waals surface area contributed by atoms with Crippen LogP contribution in [0.4, 0.5) is 10.1 Å². The van der Waals surface area contributed by atoms with Gasteiger partial charge in [-0.05, 0) is 37.6 Å². The second-order valence-corrected chi connectivity index (χ2v) is 4.64. The summed E-state index contributed by atoms with van der Waals surface area (Å²) < 4.78 is 15.3. The van der Waals surface area contributed by atoms with Gasteiger partial charge in [0.15, 0.2) is 5.82 Å². The average Bonchev–Trinajstić information content (AvgIpc) is 3.12. The molecule has 2 aromatic rings.